The quantitative estimate of drug-likeness (QED) is 0.0643. The summed E-state index contributed by atoms with van der Waals surface area (Å²) < 4.78 is 278. The minimum Gasteiger partial charge on any atom is -0.295 e. The molecule has 0 saturated heterocycles. The van der Waals surface area contributed by atoms with Crippen LogP contribution in [0.4, 0.5) is 110 Å². The molecule has 0 saturated carbocycles. The van der Waals surface area contributed by atoms with Crippen LogP contribution in [0.1, 0.15) is 23.0 Å². The molecule has 80 heavy (non-hydrogen) atoms. The van der Waals surface area contributed by atoms with Crippen molar-refractivity contribution >= 4 is 51.5 Å². The minimum atomic E-state index is -6.06. The van der Waals surface area contributed by atoms with E-state index in [0.29, 0.717) is 0 Å². The third-order valence-corrected chi connectivity index (χ3v) is 14.5. The van der Waals surface area contributed by atoms with Crippen LogP contribution in [-0.4, -0.2) is 70.2 Å². The second-order valence-corrected chi connectivity index (χ2v) is 21.0. The van der Waals surface area contributed by atoms with Gasteiger partial charge in [0.25, 0.3) is 0 Å². The number of hydrogen-bond acceptors (Lipinski definition) is 1. The van der Waals surface area contributed by atoms with Gasteiger partial charge < -0.3 is 0 Å². The Morgan fingerprint density at radius 1 is 0.400 bits per heavy atom. The van der Waals surface area contributed by atoms with E-state index in [1.807, 2.05) is 42.5 Å². The molecular formula is C52H26F25GaOS. The van der Waals surface area contributed by atoms with Crippen molar-refractivity contribution in [3.05, 3.63) is 78.1 Å². The second kappa shape index (κ2) is 31.5. The van der Waals surface area contributed by atoms with Crippen LogP contribution < -0.4 is 0 Å². The van der Waals surface area contributed by atoms with E-state index >= 15 is 0 Å². The first kappa shape index (κ1) is 73.2. The predicted molar refractivity (Wildman–Crippen MR) is 255 cm³/mol. The van der Waals surface area contributed by atoms with Crippen LogP contribution in [0.25, 0.3) is 25.1 Å². The molecule has 424 valence electrons. The molecule has 0 aliphatic carbocycles. The molecule has 1 unspecified atom stereocenters. The van der Waals surface area contributed by atoms with Gasteiger partial charge in [0.2, 0.25) is 0 Å². The van der Waals surface area contributed by atoms with Gasteiger partial charge in [-0.3, -0.25) is 4.79 Å². The summed E-state index contributed by atoms with van der Waals surface area (Å²) in [5, 5.41) is 2.28. The van der Waals surface area contributed by atoms with Crippen molar-refractivity contribution in [3.8, 4) is 143 Å². The summed E-state index contributed by atoms with van der Waals surface area (Å²) in [7, 11) is -0.248. The predicted octanol–water partition coefficient (Wildman–Crippen LogP) is 15.7. The molecule has 1 nitrogen and oxygen atoms in total. The van der Waals surface area contributed by atoms with Gasteiger partial charge in [-0.15, -0.1) is 0 Å². The van der Waals surface area contributed by atoms with Crippen molar-refractivity contribution in [1.82, 2.24) is 0 Å². The Hall–Kier alpha value is -8.84. The molecule has 28 heteroatoms. The van der Waals surface area contributed by atoms with Gasteiger partial charge in [-0.2, -0.15) is 105 Å². The molecule has 1 aromatic heterocycles. The van der Waals surface area contributed by atoms with Gasteiger partial charge in [-0.25, -0.2) is 4.39 Å². The molecule has 1 atom stereocenters. The topological polar surface area (TPSA) is 17.1 Å². The van der Waals surface area contributed by atoms with E-state index in [-0.39, 0.29) is 27.8 Å². The fourth-order valence-electron chi connectivity index (χ4n) is 4.01. The van der Waals surface area contributed by atoms with Gasteiger partial charge in [0.1, 0.15) is 5.82 Å². The molecule has 4 aromatic rings. The zero-order valence-electron chi connectivity index (χ0n) is 38.5. The fraction of sp³-hybridized carbons (Fsp3) is 0.173. The Morgan fingerprint density at radius 2 is 0.688 bits per heavy atom. The van der Waals surface area contributed by atoms with Gasteiger partial charge in [-0.1, -0.05) is 12.1 Å². The molecule has 3 aromatic carbocycles. The summed E-state index contributed by atoms with van der Waals surface area (Å²) in [6, 6.07) is 20.9. The molecule has 0 radical (unpaired) electrons. The summed E-state index contributed by atoms with van der Waals surface area (Å²) >= 11 is -3.91. The van der Waals surface area contributed by atoms with E-state index in [4.69, 9.17) is 25.7 Å². The SMILES string of the molecule is C#CC#CC#[C][Ga-]([C]#CC#CC#C)([C]#CC#CC#C)[C]#CC#CC#C.CC(=O)c1ccc2c(c1)c1ccccc1[s+]2-c1ccc(F)cc1.FC(F)(F)C(F)(F)F.FC(F)(F)C(F)(F)F.FC(F)(F)C(F)(F)F.FC(F)(F)C(F)(F)F.[HH].[HH].[HH].[HH]. The molecular weight excluding hydrogens is 1220 g/mol. The number of ketones is 1. The van der Waals surface area contributed by atoms with E-state index in [1.54, 1.807) is 6.92 Å². The van der Waals surface area contributed by atoms with Crippen LogP contribution in [-0.2, 0) is 0 Å². The van der Waals surface area contributed by atoms with Gasteiger partial charge in [-0.05, 0) is 49.4 Å². The van der Waals surface area contributed by atoms with Crippen molar-refractivity contribution in [2.45, 2.75) is 56.3 Å². The fourth-order valence-corrected chi connectivity index (χ4v) is 9.70. The Labute approximate surface area is 448 Å². The van der Waals surface area contributed by atoms with E-state index in [1.165, 1.54) is 26.9 Å². The van der Waals surface area contributed by atoms with Crippen molar-refractivity contribution in [1.29, 1.82) is 0 Å². The van der Waals surface area contributed by atoms with Crippen LogP contribution in [0.15, 0.2) is 66.7 Å². The number of benzene rings is 3. The number of alkyl halides is 24. The van der Waals surface area contributed by atoms with Gasteiger partial charge >= 0.3 is 203 Å². The zero-order chi connectivity index (χ0) is 62.6. The van der Waals surface area contributed by atoms with Gasteiger partial charge in [0.15, 0.2) is 20.1 Å². The van der Waals surface area contributed by atoms with Crippen molar-refractivity contribution in [2.24, 2.45) is 0 Å². The van der Waals surface area contributed by atoms with E-state index in [9.17, 15) is 115 Å². The third-order valence-electron chi connectivity index (χ3n) is 7.28. The summed E-state index contributed by atoms with van der Waals surface area (Å²) in [6.45, 7) is 1.59. The normalized spacial score (nSPS) is 10.8. The number of Topliss-reactive ketones (excluding diaryl/α,β-unsaturated/α-hetero) is 1. The molecule has 0 aliphatic heterocycles. The number of carbonyl (C=O) groups excluding carboxylic acids is 1. The number of halogens is 25. The summed E-state index contributed by atoms with van der Waals surface area (Å²) in [6.07, 6.45) is -28.3. The standard InChI is InChI=1S/C20H14FOS.4C6H.4C2F6.Ga.4H2/c1-13(22)14-6-11-20-18(12-14)17-4-2-3-5-19(17)23(20)16-9-7-15(21)8-10-16;4*1-3-5-6-4-2;4*3-1(4,5)2(6,7)8;;;;;/h2-12H,1H3;4*1H;;;;;;4*1H/q+1;;;;;;;;;-1;;;;. The molecule has 0 N–H and O–H groups in total. The maximum atomic E-state index is 13.3. The largest absolute Gasteiger partial charge is 0.487 e. The average molecular weight is 1240 g/mol. The Bertz CT molecular complexity index is 3180. The van der Waals surface area contributed by atoms with Crippen LogP contribution >= 0.6 is 10.5 Å². The first-order chi connectivity index (χ1) is 36.4. The summed E-state index contributed by atoms with van der Waals surface area (Å²) in [5.74, 6) is 38.4. The van der Waals surface area contributed by atoms with Crippen LogP contribution in [0.5, 0.6) is 0 Å². The molecule has 4 rings (SSSR count). The Kier molecular flexibility index (Phi) is 28.9. The van der Waals surface area contributed by atoms with Gasteiger partial charge in [0, 0.05) is 44.6 Å². The van der Waals surface area contributed by atoms with Gasteiger partial charge in [0.05, 0.1) is 0 Å². The number of hydrogen-bond donors (Lipinski definition) is 0. The van der Waals surface area contributed by atoms with Crippen molar-refractivity contribution in [2.75, 3.05) is 0 Å². The molecule has 0 amide bonds. The minimum absolute atomic E-state index is 0. The van der Waals surface area contributed by atoms with Crippen molar-refractivity contribution < 1.29 is 120 Å². The molecule has 1 heterocycles. The zero-order valence-corrected chi connectivity index (χ0v) is 41.7. The first-order valence-corrected chi connectivity index (χ1v) is 25.3. The molecule has 0 fully saturated rings. The second-order valence-electron chi connectivity index (χ2n) is 13.0. The monoisotopic (exact) mass is 1240 g/mol. The number of carbonyl (C=O) groups is 1. The summed E-state index contributed by atoms with van der Waals surface area (Å²) in [4.78, 5) is 12.8. The van der Waals surface area contributed by atoms with E-state index in [2.05, 4.69) is 125 Å². The molecule has 0 spiro atoms. The van der Waals surface area contributed by atoms with Crippen molar-refractivity contribution in [3.63, 3.8) is 0 Å². The molecule has 0 aliphatic rings. The summed E-state index contributed by atoms with van der Waals surface area (Å²) in [5.41, 5.74) is 0.725. The Balaban J connectivity index is -0.000000234. The Morgan fingerprint density at radius 3 is 0.963 bits per heavy atom. The number of fused-ring (bicyclic) bond motifs is 3. The number of thiophene rings is 1. The first-order valence-electron chi connectivity index (χ1n) is 19.2. The third kappa shape index (κ3) is 27.0. The number of terminal acetylenes is 4. The van der Waals surface area contributed by atoms with E-state index in [0.717, 1.165) is 15.8 Å². The van der Waals surface area contributed by atoms with Crippen LogP contribution in [0.3, 0.4) is 0 Å². The number of rotatable bonds is 2. The molecule has 0 bridgehead atoms. The maximum absolute atomic E-state index is 13.3. The average Bonchev–Trinajstić information content (AvgIpc) is 3.64. The van der Waals surface area contributed by atoms with Crippen LogP contribution in [0.2, 0.25) is 0 Å². The van der Waals surface area contributed by atoms with Crippen LogP contribution in [0, 0.1) is 144 Å². The van der Waals surface area contributed by atoms with E-state index < -0.39 is 64.4 Å². The maximum Gasteiger partial charge on any atom is 0.487 e. The smallest absolute Gasteiger partial charge is 0.295 e.